The molecule has 0 aromatic rings. The van der Waals surface area contributed by atoms with E-state index in [0.717, 1.165) is 10.5 Å². The van der Waals surface area contributed by atoms with E-state index in [4.69, 9.17) is 0 Å². The molecule has 2 fully saturated rings. The van der Waals surface area contributed by atoms with Crippen molar-refractivity contribution in [3.63, 3.8) is 0 Å². The van der Waals surface area contributed by atoms with Crippen LogP contribution in [0.3, 0.4) is 0 Å². The molecule has 0 spiro atoms. The monoisotopic (exact) mass is 516 g/mol. The molecule has 0 aliphatic carbocycles. The summed E-state index contributed by atoms with van der Waals surface area (Å²) < 4.78 is 6.31. The van der Waals surface area contributed by atoms with Gasteiger partial charge < -0.3 is 0 Å². The fourth-order valence-corrected chi connectivity index (χ4v) is 9.08. The summed E-state index contributed by atoms with van der Waals surface area (Å²) in [5, 5.41) is 1.96. The molecule has 2 saturated heterocycles. The third-order valence-corrected chi connectivity index (χ3v) is 9.08. The molecule has 5 heteroatoms. The van der Waals surface area contributed by atoms with E-state index in [1.165, 1.54) is 46.1 Å². The molecule has 0 radical (unpaired) electrons. The van der Waals surface area contributed by atoms with Crippen molar-refractivity contribution >= 4 is 84.4 Å². The topological polar surface area (TPSA) is 0 Å². The molecule has 2 unspecified atom stereocenters. The summed E-state index contributed by atoms with van der Waals surface area (Å²) in [4.78, 5) is 0. The first-order chi connectivity index (χ1) is 8.24. The van der Waals surface area contributed by atoms with Crippen LogP contribution in [0.4, 0.5) is 0 Å². The van der Waals surface area contributed by atoms with E-state index in [2.05, 4.69) is 54.7 Å². The number of rotatable bonds is 10. The molecule has 0 aromatic heterocycles. The van der Waals surface area contributed by atoms with Gasteiger partial charge in [0, 0.05) is 0 Å². The molecule has 2 heterocycles. The van der Waals surface area contributed by atoms with Crippen LogP contribution >= 0.6 is 23.5 Å². The summed E-state index contributed by atoms with van der Waals surface area (Å²) >= 11 is 11.1. The normalized spacial score (nSPS) is 25.6. The molecule has 96 valence electrons. The van der Waals surface area contributed by atoms with Crippen LogP contribution in [0.15, 0.2) is 0 Å². The molecule has 0 aromatic carbocycles. The summed E-state index contributed by atoms with van der Waals surface area (Å²) in [5.41, 5.74) is 0. The average Bonchev–Trinajstić information content (AvgIpc) is 3.13. The Morgan fingerprint density at radius 2 is 1.35 bits per heavy atom. The van der Waals surface area contributed by atoms with Gasteiger partial charge in [-0.1, -0.05) is 0 Å². The molecular formula is C12H18S2Se2Te. The summed E-state index contributed by atoms with van der Waals surface area (Å²) in [6, 6.07) is 0. The minimum absolute atomic E-state index is 0.280. The summed E-state index contributed by atoms with van der Waals surface area (Å²) in [6.07, 6.45) is 5.46. The Morgan fingerprint density at radius 1 is 0.941 bits per heavy atom. The van der Waals surface area contributed by atoms with Crippen molar-refractivity contribution in [2.45, 2.75) is 45.1 Å². The van der Waals surface area contributed by atoms with Crippen LogP contribution < -0.4 is 0 Å². The van der Waals surface area contributed by atoms with E-state index >= 15 is 0 Å². The van der Waals surface area contributed by atoms with Crippen molar-refractivity contribution < 1.29 is 0 Å². The number of thioether (sulfide) groups is 2. The zero-order chi connectivity index (χ0) is 12.1. The summed E-state index contributed by atoms with van der Waals surface area (Å²) in [6.45, 7) is 0. The quantitative estimate of drug-likeness (QED) is 0.250. The van der Waals surface area contributed by atoms with Crippen molar-refractivity contribution in [1.29, 1.82) is 0 Å². The predicted octanol–water partition coefficient (Wildman–Crippen LogP) is 2.00. The van der Waals surface area contributed by atoms with Crippen molar-refractivity contribution in [2.75, 3.05) is 11.5 Å². The Labute approximate surface area is 139 Å². The molecule has 0 bridgehead atoms. The van der Waals surface area contributed by atoms with Crippen LogP contribution in [0.1, 0.15) is 25.7 Å². The molecule has 2 aliphatic rings. The first-order valence-corrected chi connectivity index (χ1v) is 13.2. The van der Waals surface area contributed by atoms with E-state index in [1.807, 2.05) is 0 Å². The van der Waals surface area contributed by atoms with Crippen molar-refractivity contribution in [3.8, 4) is 0 Å². The van der Waals surface area contributed by atoms with Gasteiger partial charge in [0.25, 0.3) is 0 Å². The van der Waals surface area contributed by atoms with Gasteiger partial charge in [0.05, 0.1) is 0 Å². The molecule has 0 amide bonds. The fraction of sp³-hybridized carbons (Fsp3) is 0.833. The van der Waals surface area contributed by atoms with E-state index in [9.17, 15) is 0 Å². The second-order valence-electron chi connectivity index (χ2n) is 4.51. The standard InChI is InChI=1S/C12H18S2Se2Te/c15-11(5-9-7-13-9)1-3-17-4-2-12(16)6-10-8-14-10/h9-10H,1-8H2. The zero-order valence-electron chi connectivity index (χ0n) is 9.85. The van der Waals surface area contributed by atoms with Crippen LogP contribution in [0.2, 0.25) is 8.94 Å². The van der Waals surface area contributed by atoms with E-state index in [-0.39, 0.29) is 20.9 Å². The molecule has 17 heavy (non-hydrogen) atoms. The second kappa shape index (κ2) is 8.53. The third kappa shape index (κ3) is 8.21. The fourth-order valence-electron chi connectivity index (χ4n) is 1.56. The first-order valence-electron chi connectivity index (χ1n) is 6.08. The zero-order valence-corrected chi connectivity index (χ0v) is 17.2. The maximum atomic E-state index is 3.29. The number of hydrogen-bond donors (Lipinski definition) is 0. The minimum atomic E-state index is 0.280. The van der Waals surface area contributed by atoms with Gasteiger partial charge >= 0.3 is 141 Å². The van der Waals surface area contributed by atoms with E-state index in [0.29, 0.717) is 0 Å². The van der Waals surface area contributed by atoms with Gasteiger partial charge in [0.1, 0.15) is 0 Å². The summed E-state index contributed by atoms with van der Waals surface area (Å²) in [7, 11) is 0. The molecule has 0 nitrogen and oxygen atoms in total. The Hall–Kier alpha value is 2.27. The van der Waals surface area contributed by atoms with Crippen LogP contribution in [-0.2, 0) is 0 Å². The third-order valence-electron chi connectivity index (χ3n) is 2.77. The van der Waals surface area contributed by atoms with Gasteiger partial charge in [0.2, 0.25) is 0 Å². The molecule has 0 N–H and O–H groups in total. The summed E-state index contributed by atoms with van der Waals surface area (Å²) in [5.74, 6) is 2.82. The SMILES string of the molecule is [Se]=C(CC[Te]CCC(=[Se])CC1CS1)CC1CS1. The van der Waals surface area contributed by atoms with Gasteiger partial charge in [0.15, 0.2) is 0 Å². The van der Waals surface area contributed by atoms with Crippen LogP contribution in [0.25, 0.3) is 0 Å². The molecule has 2 aliphatic heterocycles. The van der Waals surface area contributed by atoms with Crippen LogP contribution in [-0.4, -0.2) is 82.9 Å². The van der Waals surface area contributed by atoms with Gasteiger partial charge in [-0.05, 0) is 0 Å². The van der Waals surface area contributed by atoms with Gasteiger partial charge in [-0.15, -0.1) is 0 Å². The van der Waals surface area contributed by atoms with Crippen molar-refractivity contribution in [1.82, 2.24) is 0 Å². The van der Waals surface area contributed by atoms with Crippen molar-refractivity contribution in [3.05, 3.63) is 0 Å². The van der Waals surface area contributed by atoms with Crippen LogP contribution in [0, 0.1) is 0 Å². The second-order valence-corrected chi connectivity index (χ2v) is 13.1. The Bertz CT molecular complexity index is 260. The Morgan fingerprint density at radius 3 is 1.71 bits per heavy atom. The average molecular weight is 512 g/mol. The molecule has 0 saturated carbocycles. The van der Waals surface area contributed by atoms with E-state index in [1.54, 1.807) is 8.83 Å². The van der Waals surface area contributed by atoms with Gasteiger partial charge in [-0.3, -0.25) is 0 Å². The van der Waals surface area contributed by atoms with Crippen molar-refractivity contribution in [2.24, 2.45) is 0 Å². The van der Waals surface area contributed by atoms with Crippen LogP contribution in [0.5, 0.6) is 0 Å². The maximum absolute atomic E-state index is 3.29. The predicted molar refractivity (Wildman–Crippen MR) is 87.9 cm³/mol. The van der Waals surface area contributed by atoms with Gasteiger partial charge in [-0.25, -0.2) is 0 Å². The van der Waals surface area contributed by atoms with Gasteiger partial charge in [-0.2, -0.15) is 0 Å². The molecule has 2 atom stereocenters. The molecular weight excluding hydrogens is 494 g/mol. The molecule has 2 rings (SSSR count). The Kier molecular flexibility index (Phi) is 7.86. The van der Waals surface area contributed by atoms with E-state index < -0.39 is 0 Å². The number of hydrogen-bond acceptors (Lipinski definition) is 2. The Balaban J connectivity index is 1.39. The first kappa shape index (κ1) is 15.7.